The first-order chi connectivity index (χ1) is 7.65. The van der Waals surface area contributed by atoms with Crippen LogP contribution in [-0.4, -0.2) is 11.5 Å². The van der Waals surface area contributed by atoms with Gasteiger partial charge in [0.2, 0.25) is 0 Å². The topological polar surface area (TPSA) is 50.9 Å². The van der Waals surface area contributed by atoms with E-state index in [0.717, 1.165) is 12.4 Å². The number of anilines is 2. The van der Waals surface area contributed by atoms with Crippen molar-refractivity contribution in [2.75, 3.05) is 17.6 Å². The summed E-state index contributed by atoms with van der Waals surface area (Å²) in [6.07, 6.45) is 6.80. The van der Waals surface area contributed by atoms with Crippen molar-refractivity contribution in [1.29, 1.82) is 0 Å². The molecule has 88 valence electrons. The van der Waals surface area contributed by atoms with Crippen LogP contribution in [0.5, 0.6) is 0 Å². The van der Waals surface area contributed by atoms with E-state index in [1.54, 1.807) is 12.3 Å². The van der Waals surface area contributed by atoms with Gasteiger partial charge in [-0.1, -0.05) is 24.9 Å². The molecule has 0 unspecified atom stereocenters. The third-order valence-electron chi connectivity index (χ3n) is 3.23. The molecular formula is C12H18ClN3. The van der Waals surface area contributed by atoms with E-state index in [1.807, 2.05) is 0 Å². The first-order valence-electron chi connectivity index (χ1n) is 5.80. The van der Waals surface area contributed by atoms with Crippen LogP contribution in [0.25, 0.3) is 0 Å². The van der Waals surface area contributed by atoms with Crippen molar-refractivity contribution in [2.45, 2.75) is 32.6 Å². The molecule has 0 aromatic carbocycles. The number of nitrogens with two attached hydrogens (primary N) is 1. The Bertz CT molecular complexity index is 375. The average molecular weight is 240 g/mol. The molecule has 0 spiro atoms. The summed E-state index contributed by atoms with van der Waals surface area (Å²) in [6.45, 7) is 3.20. The number of nitrogens with zero attached hydrogens (tertiary/aromatic N) is 1. The van der Waals surface area contributed by atoms with Crippen LogP contribution in [0.2, 0.25) is 5.02 Å². The minimum atomic E-state index is 0.501. The number of nitrogens with one attached hydrogen (secondary N) is 1. The highest BCUT2D eigenvalue weighted by Gasteiger charge is 2.41. The van der Waals surface area contributed by atoms with E-state index in [2.05, 4.69) is 17.2 Å². The van der Waals surface area contributed by atoms with E-state index in [4.69, 9.17) is 17.3 Å². The third kappa shape index (κ3) is 2.59. The van der Waals surface area contributed by atoms with Crippen molar-refractivity contribution < 1.29 is 0 Å². The largest absolute Gasteiger partial charge is 0.397 e. The Morgan fingerprint density at radius 2 is 2.31 bits per heavy atom. The van der Waals surface area contributed by atoms with Crippen LogP contribution in [0.1, 0.15) is 32.6 Å². The maximum atomic E-state index is 6.05. The molecule has 0 atom stereocenters. The molecule has 1 fully saturated rings. The first-order valence-corrected chi connectivity index (χ1v) is 6.18. The van der Waals surface area contributed by atoms with Crippen LogP contribution >= 0.6 is 11.6 Å². The predicted octanol–water partition coefficient (Wildman–Crippen LogP) is 3.31. The Kier molecular flexibility index (Phi) is 3.24. The molecule has 1 heterocycles. The zero-order chi connectivity index (χ0) is 11.6. The van der Waals surface area contributed by atoms with Gasteiger partial charge in [-0.3, -0.25) is 0 Å². The fourth-order valence-corrected chi connectivity index (χ4v) is 2.32. The highest BCUT2D eigenvalue weighted by Crippen LogP contribution is 2.49. The molecule has 2 rings (SSSR count). The lowest BCUT2D eigenvalue weighted by Gasteiger charge is -2.16. The van der Waals surface area contributed by atoms with Crippen molar-refractivity contribution >= 4 is 23.1 Å². The van der Waals surface area contributed by atoms with Gasteiger partial charge in [0.25, 0.3) is 0 Å². The van der Waals surface area contributed by atoms with Crippen LogP contribution in [0, 0.1) is 5.41 Å². The van der Waals surface area contributed by atoms with E-state index in [1.165, 1.54) is 25.7 Å². The lowest BCUT2D eigenvalue weighted by atomic mass is 10.0. The number of hydrogen-bond donors (Lipinski definition) is 2. The Morgan fingerprint density at radius 3 is 2.88 bits per heavy atom. The fraction of sp³-hybridized carbons (Fsp3) is 0.583. The molecule has 0 amide bonds. The van der Waals surface area contributed by atoms with Crippen molar-refractivity contribution in [3.05, 3.63) is 17.3 Å². The molecule has 3 N–H and O–H groups in total. The van der Waals surface area contributed by atoms with E-state index >= 15 is 0 Å². The van der Waals surface area contributed by atoms with Crippen LogP contribution in [-0.2, 0) is 0 Å². The second-order valence-corrected chi connectivity index (χ2v) is 5.11. The third-order valence-corrected chi connectivity index (χ3v) is 3.52. The molecule has 1 aliphatic carbocycles. The second kappa shape index (κ2) is 4.50. The summed E-state index contributed by atoms with van der Waals surface area (Å²) < 4.78 is 0. The molecule has 1 aliphatic rings. The van der Waals surface area contributed by atoms with Gasteiger partial charge in [0, 0.05) is 6.54 Å². The van der Waals surface area contributed by atoms with Crippen LogP contribution in [0.3, 0.4) is 0 Å². The quantitative estimate of drug-likeness (QED) is 0.829. The van der Waals surface area contributed by atoms with Crippen molar-refractivity contribution in [2.24, 2.45) is 5.41 Å². The summed E-state index contributed by atoms with van der Waals surface area (Å²) in [7, 11) is 0. The normalized spacial score (nSPS) is 17.1. The van der Waals surface area contributed by atoms with Gasteiger partial charge >= 0.3 is 0 Å². The Labute approximate surface area is 101 Å². The van der Waals surface area contributed by atoms with Gasteiger partial charge in [-0.2, -0.15) is 0 Å². The van der Waals surface area contributed by atoms with Crippen LogP contribution < -0.4 is 11.1 Å². The molecule has 1 aromatic heterocycles. The van der Waals surface area contributed by atoms with E-state index in [-0.39, 0.29) is 0 Å². The summed E-state index contributed by atoms with van der Waals surface area (Å²) >= 11 is 6.05. The lowest BCUT2D eigenvalue weighted by molar-refractivity contribution is 0.485. The van der Waals surface area contributed by atoms with Crippen molar-refractivity contribution in [3.63, 3.8) is 0 Å². The maximum absolute atomic E-state index is 6.05. The molecule has 0 aliphatic heterocycles. The standard InChI is InChI=1S/C12H18ClN3/c1-2-3-12(4-5-12)8-16-11-10(13)6-9(14)7-15-11/h6-7H,2-5,8,14H2,1H3,(H,15,16). The highest BCUT2D eigenvalue weighted by atomic mass is 35.5. The number of aromatic nitrogens is 1. The molecule has 0 saturated heterocycles. The van der Waals surface area contributed by atoms with E-state index in [0.29, 0.717) is 16.1 Å². The second-order valence-electron chi connectivity index (χ2n) is 4.70. The number of pyridine rings is 1. The highest BCUT2D eigenvalue weighted by molar-refractivity contribution is 6.33. The van der Waals surface area contributed by atoms with Gasteiger partial charge in [-0.25, -0.2) is 4.98 Å². The van der Waals surface area contributed by atoms with Gasteiger partial charge < -0.3 is 11.1 Å². The zero-order valence-corrected chi connectivity index (χ0v) is 10.3. The van der Waals surface area contributed by atoms with E-state index < -0.39 is 0 Å². The van der Waals surface area contributed by atoms with Crippen molar-refractivity contribution in [3.8, 4) is 0 Å². The van der Waals surface area contributed by atoms with Gasteiger partial charge in [-0.05, 0) is 30.7 Å². The molecule has 0 bridgehead atoms. The summed E-state index contributed by atoms with van der Waals surface area (Å²) in [5.74, 6) is 0.748. The minimum Gasteiger partial charge on any atom is -0.397 e. The Hall–Kier alpha value is -0.960. The van der Waals surface area contributed by atoms with E-state index in [9.17, 15) is 0 Å². The maximum Gasteiger partial charge on any atom is 0.144 e. The molecule has 4 heteroatoms. The summed E-state index contributed by atoms with van der Waals surface area (Å²) in [5.41, 5.74) is 6.70. The Balaban J connectivity index is 1.94. The SMILES string of the molecule is CCCC1(CNc2ncc(N)cc2Cl)CC1. The molecule has 0 radical (unpaired) electrons. The van der Waals surface area contributed by atoms with Gasteiger partial charge in [0.05, 0.1) is 16.9 Å². The molecule has 3 nitrogen and oxygen atoms in total. The summed E-state index contributed by atoms with van der Waals surface area (Å²) in [4.78, 5) is 4.20. The summed E-state index contributed by atoms with van der Waals surface area (Å²) in [5, 5.41) is 3.93. The number of rotatable bonds is 5. The molecule has 1 saturated carbocycles. The van der Waals surface area contributed by atoms with Gasteiger partial charge in [-0.15, -0.1) is 0 Å². The monoisotopic (exact) mass is 239 g/mol. The van der Waals surface area contributed by atoms with Crippen LogP contribution in [0.4, 0.5) is 11.5 Å². The zero-order valence-electron chi connectivity index (χ0n) is 9.59. The Morgan fingerprint density at radius 1 is 1.56 bits per heavy atom. The average Bonchev–Trinajstić information content (AvgIpc) is 2.98. The lowest BCUT2D eigenvalue weighted by Crippen LogP contribution is -2.16. The first kappa shape index (κ1) is 11.5. The minimum absolute atomic E-state index is 0.501. The van der Waals surface area contributed by atoms with Crippen LogP contribution in [0.15, 0.2) is 12.3 Å². The molecular weight excluding hydrogens is 222 g/mol. The number of halogens is 1. The molecule has 1 aromatic rings. The van der Waals surface area contributed by atoms with Gasteiger partial charge in [0.1, 0.15) is 5.82 Å². The van der Waals surface area contributed by atoms with Crippen molar-refractivity contribution in [1.82, 2.24) is 4.98 Å². The summed E-state index contributed by atoms with van der Waals surface area (Å²) in [6, 6.07) is 1.73. The smallest absolute Gasteiger partial charge is 0.144 e. The predicted molar refractivity (Wildman–Crippen MR) is 68.7 cm³/mol. The molecule has 16 heavy (non-hydrogen) atoms. The fourth-order valence-electron chi connectivity index (χ4n) is 2.08. The van der Waals surface area contributed by atoms with Gasteiger partial charge in [0.15, 0.2) is 0 Å². The number of nitrogen functional groups attached to an aromatic ring is 1. The number of hydrogen-bond acceptors (Lipinski definition) is 3.